The molecular formula is C17H18FNO3S. The van der Waals surface area contributed by atoms with Crippen molar-refractivity contribution in [2.24, 2.45) is 0 Å². The number of anilines is 1. The highest BCUT2D eigenvalue weighted by molar-refractivity contribution is 7.92. The molecule has 1 N–H and O–H groups in total. The first-order valence-electron chi connectivity index (χ1n) is 7.48. The predicted octanol–water partition coefficient (Wildman–Crippen LogP) is 3.51. The van der Waals surface area contributed by atoms with Crippen LogP contribution in [0.15, 0.2) is 41.3 Å². The van der Waals surface area contributed by atoms with Crippen molar-refractivity contribution in [1.82, 2.24) is 0 Å². The van der Waals surface area contributed by atoms with Crippen LogP contribution in [0, 0.1) is 5.82 Å². The highest BCUT2D eigenvalue weighted by atomic mass is 32.2. The molecule has 3 rings (SSSR count). The molecule has 2 aromatic rings. The van der Waals surface area contributed by atoms with E-state index in [1.807, 2.05) is 0 Å². The lowest BCUT2D eigenvalue weighted by Gasteiger charge is -2.19. The van der Waals surface area contributed by atoms with Crippen LogP contribution < -0.4 is 9.46 Å². The van der Waals surface area contributed by atoms with Crippen LogP contribution >= 0.6 is 0 Å². The minimum Gasteiger partial charge on any atom is -0.495 e. The van der Waals surface area contributed by atoms with Crippen LogP contribution in [0.25, 0.3) is 0 Å². The summed E-state index contributed by atoms with van der Waals surface area (Å²) in [6.07, 6.45) is 3.91. The Morgan fingerprint density at radius 2 is 1.74 bits per heavy atom. The molecule has 4 nitrogen and oxygen atoms in total. The maximum absolute atomic E-state index is 13.7. The van der Waals surface area contributed by atoms with Gasteiger partial charge in [-0.2, -0.15) is 0 Å². The van der Waals surface area contributed by atoms with Gasteiger partial charge in [-0.25, -0.2) is 12.8 Å². The predicted molar refractivity (Wildman–Crippen MR) is 86.8 cm³/mol. The van der Waals surface area contributed by atoms with E-state index >= 15 is 0 Å². The fourth-order valence-electron chi connectivity index (χ4n) is 2.85. The third-order valence-corrected chi connectivity index (χ3v) is 5.42. The van der Waals surface area contributed by atoms with Crippen LogP contribution in [0.1, 0.15) is 24.0 Å². The lowest BCUT2D eigenvalue weighted by Crippen LogP contribution is -2.16. The van der Waals surface area contributed by atoms with Gasteiger partial charge >= 0.3 is 0 Å². The van der Waals surface area contributed by atoms with Crippen molar-refractivity contribution in [3.8, 4) is 5.75 Å². The fraction of sp³-hybridized carbons (Fsp3) is 0.294. The number of nitrogens with one attached hydrogen (secondary N) is 1. The molecule has 122 valence electrons. The molecule has 2 aromatic carbocycles. The maximum Gasteiger partial charge on any atom is 0.265 e. The molecule has 0 aromatic heterocycles. The molecule has 0 aliphatic heterocycles. The summed E-state index contributed by atoms with van der Waals surface area (Å²) in [6, 6.07) is 9.11. The second-order valence-electron chi connectivity index (χ2n) is 5.56. The zero-order chi connectivity index (χ0) is 16.4. The number of hydrogen-bond donors (Lipinski definition) is 1. The summed E-state index contributed by atoms with van der Waals surface area (Å²) in [5.74, 6) is -0.331. The van der Waals surface area contributed by atoms with E-state index in [2.05, 4.69) is 4.72 Å². The first kappa shape index (κ1) is 15.8. The molecule has 0 heterocycles. The van der Waals surface area contributed by atoms with Crippen molar-refractivity contribution in [3.05, 3.63) is 53.3 Å². The Bertz CT molecular complexity index is 834. The van der Waals surface area contributed by atoms with Gasteiger partial charge in [0.05, 0.1) is 12.8 Å². The molecule has 0 saturated carbocycles. The third-order valence-electron chi connectivity index (χ3n) is 4.04. The van der Waals surface area contributed by atoms with Crippen molar-refractivity contribution in [1.29, 1.82) is 0 Å². The van der Waals surface area contributed by atoms with E-state index in [0.717, 1.165) is 36.8 Å². The van der Waals surface area contributed by atoms with Crippen LogP contribution in [0.4, 0.5) is 10.1 Å². The number of methoxy groups -OCH3 is 1. The van der Waals surface area contributed by atoms with Crippen molar-refractivity contribution < 1.29 is 17.5 Å². The number of para-hydroxylation sites is 1. The van der Waals surface area contributed by atoms with E-state index in [0.29, 0.717) is 0 Å². The van der Waals surface area contributed by atoms with E-state index in [4.69, 9.17) is 4.74 Å². The summed E-state index contributed by atoms with van der Waals surface area (Å²) in [5.41, 5.74) is 2.07. The standard InChI is InChI=1S/C17H18FNO3S/c1-22-16-10-12-6-2-3-7-13(12)11-17(16)23(20,21)19-15-9-5-4-8-14(15)18/h4-5,8-11,19H,2-3,6-7H2,1H3. The molecule has 0 amide bonds. The normalized spacial score (nSPS) is 14.2. The number of benzene rings is 2. The van der Waals surface area contributed by atoms with E-state index in [9.17, 15) is 12.8 Å². The SMILES string of the molecule is COc1cc2c(cc1S(=O)(=O)Nc1ccccc1F)CCCC2. The third kappa shape index (κ3) is 3.17. The Hall–Kier alpha value is -2.08. The Morgan fingerprint density at radius 1 is 1.09 bits per heavy atom. The number of sulfonamides is 1. The van der Waals surface area contributed by atoms with Crippen molar-refractivity contribution in [3.63, 3.8) is 0 Å². The van der Waals surface area contributed by atoms with Crippen molar-refractivity contribution in [2.75, 3.05) is 11.8 Å². The molecule has 0 spiro atoms. The topological polar surface area (TPSA) is 55.4 Å². The van der Waals surface area contributed by atoms with E-state index in [1.165, 1.54) is 25.3 Å². The van der Waals surface area contributed by atoms with Crippen LogP contribution in [0.3, 0.4) is 0 Å². The molecule has 23 heavy (non-hydrogen) atoms. The lowest BCUT2D eigenvalue weighted by atomic mass is 9.92. The van der Waals surface area contributed by atoms with Crippen molar-refractivity contribution in [2.45, 2.75) is 30.6 Å². The van der Waals surface area contributed by atoms with Gasteiger partial charge in [0.25, 0.3) is 10.0 Å². The average Bonchev–Trinajstić information content (AvgIpc) is 2.55. The monoisotopic (exact) mass is 335 g/mol. The van der Waals surface area contributed by atoms with Crippen LogP contribution in [0.5, 0.6) is 5.75 Å². The van der Waals surface area contributed by atoms with Gasteiger partial charge in [0.2, 0.25) is 0 Å². The highest BCUT2D eigenvalue weighted by Crippen LogP contribution is 2.33. The van der Waals surface area contributed by atoms with E-state index < -0.39 is 15.8 Å². The number of halogens is 1. The second-order valence-corrected chi connectivity index (χ2v) is 7.22. The highest BCUT2D eigenvalue weighted by Gasteiger charge is 2.24. The Balaban J connectivity index is 2.04. The van der Waals surface area contributed by atoms with Gasteiger partial charge in [-0.3, -0.25) is 4.72 Å². The van der Waals surface area contributed by atoms with Gasteiger partial charge in [0.15, 0.2) is 0 Å². The number of hydrogen-bond acceptors (Lipinski definition) is 3. The summed E-state index contributed by atoms with van der Waals surface area (Å²) in [5, 5.41) is 0. The van der Waals surface area contributed by atoms with Gasteiger partial charge in [0, 0.05) is 0 Å². The lowest BCUT2D eigenvalue weighted by molar-refractivity contribution is 0.401. The molecule has 6 heteroatoms. The largest absolute Gasteiger partial charge is 0.495 e. The number of aryl methyl sites for hydroxylation is 2. The van der Waals surface area contributed by atoms with Gasteiger partial charge in [-0.1, -0.05) is 12.1 Å². The Labute approximate surface area is 135 Å². The number of fused-ring (bicyclic) bond motifs is 1. The Kier molecular flexibility index (Phi) is 4.26. The van der Waals surface area contributed by atoms with E-state index in [1.54, 1.807) is 18.2 Å². The minimum atomic E-state index is -3.93. The number of ether oxygens (including phenoxy) is 1. The smallest absolute Gasteiger partial charge is 0.265 e. The first-order chi connectivity index (χ1) is 11.0. The molecule has 0 saturated heterocycles. The van der Waals surface area contributed by atoms with Gasteiger partial charge in [0.1, 0.15) is 16.5 Å². The van der Waals surface area contributed by atoms with Gasteiger partial charge < -0.3 is 4.74 Å². The van der Waals surface area contributed by atoms with Crippen LogP contribution in [-0.4, -0.2) is 15.5 Å². The molecule has 0 bridgehead atoms. The molecule has 0 radical (unpaired) electrons. The second kappa shape index (κ2) is 6.20. The molecule has 0 fully saturated rings. The average molecular weight is 335 g/mol. The van der Waals surface area contributed by atoms with Crippen LogP contribution in [0.2, 0.25) is 0 Å². The summed E-state index contributed by atoms with van der Waals surface area (Å²) >= 11 is 0. The summed E-state index contributed by atoms with van der Waals surface area (Å²) in [4.78, 5) is 0.0453. The zero-order valence-corrected chi connectivity index (χ0v) is 13.6. The maximum atomic E-state index is 13.7. The van der Waals surface area contributed by atoms with Crippen molar-refractivity contribution >= 4 is 15.7 Å². The van der Waals surface area contributed by atoms with Gasteiger partial charge in [-0.15, -0.1) is 0 Å². The molecule has 1 aliphatic rings. The zero-order valence-electron chi connectivity index (χ0n) is 12.8. The minimum absolute atomic E-state index is 0.0453. The summed E-state index contributed by atoms with van der Waals surface area (Å²) in [6.45, 7) is 0. The fourth-order valence-corrected chi connectivity index (χ4v) is 4.12. The quantitative estimate of drug-likeness (QED) is 0.930. The Morgan fingerprint density at radius 3 is 2.39 bits per heavy atom. The van der Waals surface area contributed by atoms with Crippen LogP contribution in [-0.2, 0) is 22.9 Å². The number of rotatable bonds is 4. The van der Waals surface area contributed by atoms with Gasteiger partial charge in [-0.05, 0) is 61.1 Å². The molecule has 0 unspecified atom stereocenters. The first-order valence-corrected chi connectivity index (χ1v) is 8.97. The summed E-state index contributed by atoms with van der Waals surface area (Å²) < 4.78 is 46.6. The molecular weight excluding hydrogens is 317 g/mol. The van der Waals surface area contributed by atoms with E-state index in [-0.39, 0.29) is 16.3 Å². The molecule has 1 aliphatic carbocycles. The summed E-state index contributed by atoms with van der Waals surface area (Å²) in [7, 11) is -2.49. The molecule has 0 atom stereocenters.